The molecule has 0 spiro atoms. The van der Waals surface area contributed by atoms with Gasteiger partial charge in [0.2, 0.25) is 0 Å². The molecule has 17 heavy (non-hydrogen) atoms. The van der Waals surface area contributed by atoms with Gasteiger partial charge in [-0.05, 0) is 30.4 Å². The lowest BCUT2D eigenvalue weighted by Gasteiger charge is -2.31. The predicted octanol–water partition coefficient (Wildman–Crippen LogP) is 2.46. The van der Waals surface area contributed by atoms with Crippen LogP contribution in [0.5, 0.6) is 0 Å². The van der Waals surface area contributed by atoms with Crippen LogP contribution in [0.15, 0.2) is 36.5 Å². The molecule has 2 rings (SSSR count). The third-order valence-corrected chi connectivity index (χ3v) is 3.53. The molecular formula is C15H22N2. The maximum Gasteiger partial charge on any atom is 0.0211 e. The normalized spacial score (nSPS) is 20.5. The Morgan fingerprint density at radius 1 is 1.47 bits per heavy atom. The van der Waals surface area contributed by atoms with E-state index in [4.69, 9.17) is 0 Å². The molecule has 0 aromatic heterocycles. The molecule has 1 aromatic rings. The Balaban J connectivity index is 1.95. The summed E-state index contributed by atoms with van der Waals surface area (Å²) in [7, 11) is 0. The Morgan fingerprint density at radius 2 is 2.18 bits per heavy atom. The summed E-state index contributed by atoms with van der Waals surface area (Å²) in [5.41, 5.74) is 4.00. The first-order chi connectivity index (χ1) is 8.16. The lowest BCUT2D eigenvalue weighted by Crippen LogP contribution is -2.43. The molecule has 2 unspecified atom stereocenters. The van der Waals surface area contributed by atoms with Crippen LogP contribution in [0.25, 0.3) is 0 Å². The van der Waals surface area contributed by atoms with E-state index in [-0.39, 0.29) is 0 Å². The zero-order chi connectivity index (χ0) is 12.3. The highest BCUT2D eigenvalue weighted by Gasteiger charge is 2.22. The maximum absolute atomic E-state index is 3.88. The van der Waals surface area contributed by atoms with Crippen LogP contribution >= 0.6 is 0 Å². The van der Waals surface area contributed by atoms with Gasteiger partial charge in [0, 0.05) is 24.8 Å². The second-order valence-electron chi connectivity index (χ2n) is 5.10. The van der Waals surface area contributed by atoms with Crippen molar-refractivity contribution >= 4 is 0 Å². The van der Waals surface area contributed by atoms with Crippen LogP contribution in [0, 0.1) is 5.92 Å². The van der Waals surface area contributed by atoms with E-state index in [9.17, 15) is 0 Å². The number of hydrogen-bond acceptors (Lipinski definition) is 2. The Labute approximate surface area is 104 Å². The number of benzene rings is 1. The van der Waals surface area contributed by atoms with Gasteiger partial charge < -0.3 is 10.6 Å². The van der Waals surface area contributed by atoms with E-state index in [1.165, 1.54) is 11.1 Å². The van der Waals surface area contributed by atoms with Gasteiger partial charge in [-0.2, -0.15) is 0 Å². The second kappa shape index (κ2) is 5.37. The van der Waals surface area contributed by atoms with Crippen LogP contribution in [0.2, 0.25) is 0 Å². The molecule has 2 heteroatoms. The van der Waals surface area contributed by atoms with Crippen molar-refractivity contribution in [1.82, 2.24) is 10.6 Å². The Kier molecular flexibility index (Phi) is 3.85. The summed E-state index contributed by atoms with van der Waals surface area (Å²) < 4.78 is 0. The zero-order valence-corrected chi connectivity index (χ0v) is 10.8. The van der Waals surface area contributed by atoms with Crippen molar-refractivity contribution in [3.05, 3.63) is 47.7 Å². The summed E-state index contributed by atoms with van der Waals surface area (Å²) >= 11 is 0. The highest BCUT2D eigenvalue weighted by molar-refractivity contribution is 5.30. The average Bonchev–Trinajstić information content (AvgIpc) is 2.35. The monoisotopic (exact) mass is 230 g/mol. The highest BCUT2D eigenvalue weighted by Crippen LogP contribution is 2.19. The number of rotatable bonds is 4. The summed E-state index contributed by atoms with van der Waals surface area (Å²) in [4.78, 5) is 0. The molecule has 1 heterocycles. The van der Waals surface area contributed by atoms with Crippen molar-refractivity contribution in [3.63, 3.8) is 0 Å². The third kappa shape index (κ3) is 3.10. The summed E-state index contributed by atoms with van der Waals surface area (Å²) in [5.74, 6) is 0.611. The van der Waals surface area contributed by atoms with Crippen molar-refractivity contribution in [1.29, 1.82) is 0 Å². The van der Waals surface area contributed by atoms with Crippen LogP contribution in [-0.4, -0.2) is 12.6 Å². The molecule has 0 saturated heterocycles. The molecule has 0 fully saturated rings. The van der Waals surface area contributed by atoms with Crippen LogP contribution in [0.3, 0.4) is 0 Å². The lowest BCUT2D eigenvalue weighted by atomic mass is 9.89. The minimum Gasteiger partial charge on any atom is -0.389 e. The molecule has 0 aliphatic carbocycles. The molecular weight excluding hydrogens is 208 g/mol. The molecule has 0 radical (unpaired) electrons. The first-order valence-corrected chi connectivity index (χ1v) is 6.36. The first-order valence-electron chi connectivity index (χ1n) is 6.36. The highest BCUT2D eigenvalue weighted by atomic mass is 15.0. The molecule has 0 amide bonds. The molecule has 92 valence electrons. The lowest BCUT2D eigenvalue weighted by molar-refractivity contribution is 0.349. The topological polar surface area (TPSA) is 24.1 Å². The van der Waals surface area contributed by atoms with E-state index in [1.807, 2.05) is 6.92 Å². The summed E-state index contributed by atoms with van der Waals surface area (Å²) in [6.45, 7) is 10.2. The van der Waals surface area contributed by atoms with E-state index in [0.717, 1.165) is 25.2 Å². The van der Waals surface area contributed by atoms with Gasteiger partial charge in [-0.15, -0.1) is 0 Å². The van der Waals surface area contributed by atoms with Gasteiger partial charge in [0.05, 0.1) is 0 Å². The first kappa shape index (κ1) is 12.2. The molecule has 2 atom stereocenters. The predicted molar refractivity (Wildman–Crippen MR) is 72.8 cm³/mol. The fourth-order valence-corrected chi connectivity index (χ4v) is 2.36. The maximum atomic E-state index is 3.88. The summed E-state index contributed by atoms with van der Waals surface area (Å²) in [6.07, 6.45) is 1.13. The molecule has 1 aliphatic rings. The number of nitrogens with one attached hydrogen (secondary N) is 2. The molecule has 2 N–H and O–H groups in total. The quantitative estimate of drug-likeness (QED) is 0.830. The molecule has 0 saturated carbocycles. The molecule has 1 aliphatic heterocycles. The van der Waals surface area contributed by atoms with E-state index in [2.05, 4.69) is 48.4 Å². The van der Waals surface area contributed by atoms with Gasteiger partial charge in [0.1, 0.15) is 0 Å². The van der Waals surface area contributed by atoms with Gasteiger partial charge in [-0.3, -0.25) is 0 Å². The van der Waals surface area contributed by atoms with E-state index in [0.29, 0.717) is 12.0 Å². The standard InChI is InChI=1S/C15H22N2/c1-11(2)16-9-12(3)15-8-13-6-4-5-7-14(13)10-17-15/h4-7,12,15-17H,1,8-10H2,2-3H3. The van der Waals surface area contributed by atoms with Gasteiger partial charge >= 0.3 is 0 Å². The van der Waals surface area contributed by atoms with Crippen molar-refractivity contribution < 1.29 is 0 Å². The minimum absolute atomic E-state index is 0.566. The van der Waals surface area contributed by atoms with Crippen LogP contribution < -0.4 is 10.6 Å². The minimum atomic E-state index is 0.566. The van der Waals surface area contributed by atoms with Crippen molar-refractivity contribution in [2.45, 2.75) is 32.9 Å². The SMILES string of the molecule is C=C(C)NCC(C)C1Cc2ccccc2CN1. The Bertz CT molecular complexity index is 398. The zero-order valence-electron chi connectivity index (χ0n) is 10.8. The van der Waals surface area contributed by atoms with Crippen LogP contribution in [-0.2, 0) is 13.0 Å². The summed E-state index contributed by atoms with van der Waals surface area (Å²) in [5, 5.41) is 6.96. The third-order valence-electron chi connectivity index (χ3n) is 3.53. The smallest absolute Gasteiger partial charge is 0.0211 e. The van der Waals surface area contributed by atoms with Crippen LogP contribution in [0.1, 0.15) is 25.0 Å². The number of hydrogen-bond donors (Lipinski definition) is 2. The van der Waals surface area contributed by atoms with E-state index in [1.54, 1.807) is 0 Å². The average molecular weight is 230 g/mol. The van der Waals surface area contributed by atoms with E-state index < -0.39 is 0 Å². The fourth-order valence-electron chi connectivity index (χ4n) is 2.36. The van der Waals surface area contributed by atoms with Gasteiger partial charge in [0.15, 0.2) is 0 Å². The van der Waals surface area contributed by atoms with Gasteiger partial charge in [0.25, 0.3) is 0 Å². The van der Waals surface area contributed by atoms with Crippen molar-refractivity contribution in [2.24, 2.45) is 5.92 Å². The van der Waals surface area contributed by atoms with Crippen molar-refractivity contribution in [3.8, 4) is 0 Å². The largest absolute Gasteiger partial charge is 0.389 e. The molecule has 2 nitrogen and oxygen atoms in total. The Hall–Kier alpha value is -1.28. The Morgan fingerprint density at radius 3 is 2.88 bits per heavy atom. The fraction of sp³-hybridized carbons (Fsp3) is 0.467. The number of allylic oxidation sites excluding steroid dienone is 1. The summed E-state index contributed by atoms with van der Waals surface area (Å²) in [6, 6.07) is 9.29. The second-order valence-corrected chi connectivity index (χ2v) is 5.10. The van der Waals surface area contributed by atoms with Crippen LogP contribution in [0.4, 0.5) is 0 Å². The van der Waals surface area contributed by atoms with Gasteiger partial charge in [-0.25, -0.2) is 0 Å². The number of fused-ring (bicyclic) bond motifs is 1. The molecule has 0 bridgehead atoms. The molecule has 1 aromatic carbocycles. The van der Waals surface area contributed by atoms with E-state index >= 15 is 0 Å². The van der Waals surface area contributed by atoms with Gasteiger partial charge in [-0.1, -0.05) is 37.8 Å². The van der Waals surface area contributed by atoms with Crippen molar-refractivity contribution in [2.75, 3.05) is 6.54 Å².